The molecule has 7 heterocycles. The van der Waals surface area contributed by atoms with Gasteiger partial charge in [-0.25, -0.2) is 0 Å². The normalized spacial score (nSPS) is 18.8. The summed E-state index contributed by atoms with van der Waals surface area (Å²) in [5, 5.41) is 0. The van der Waals surface area contributed by atoms with Crippen molar-refractivity contribution in [1.29, 1.82) is 0 Å². The molecule has 6 heteroatoms. The lowest BCUT2D eigenvalue weighted by molar-refractivity contribution is 0.220. The van der Waals surface area contributed by atoms with Crippen LogP contribution >= 0.6 is 0 Å². The van der Waals surface area contributed by atoms with Gasteiger partial charge < -0.3 is 29.4 Å². The van der Waals surface area contributed by atoms with Crippen LogP contribution in [0.1, 0.15) is 22.3 Å². The molecule has 7 aliphatic heterocycles. The monoisotopic (exact) mass is 646 g/mol. The molecule has 0 aliphatic carbocycles. The molecule has 0 fully saturated rings. The highest BCUT2D eigenvalue weighted by molar-refractivity contribution is 5.64. The highest BCUT2D eigenvalue weighted by atomic mass is 15.2. The number of rotatable bonds is 0. The highest BCUT2D eigenvalue weighted by Crippen LogP contribution is 2.23. The van der Waals surface area contributed by atoms with Crippen LogP contribution in [0, 0.1) is 0 Å². The Morgan fingerprint density at radius 3 is 0.604 bits per heavy atom. The summed E-state index contributed by atoms with van der Waals surface area (Å²) in [6, 6.07) is 36.5. The Kier molecular flexibility index (Phi) is 13.4. The first kappa shape index (κ1) is 35.9. The molecule has 0 saturated heterocycles. The second kappa shape index (κ2) is 17.9. The van der Waals surface area contributed by atoms with Crippen molar-refractivity contribution in [2.75, 3.05) is 94.6 Å². The van der Waals surface area contributed by atoms with Crippen molar-refractivity contribution in [1.82, 2.24) is 29.4 Å². The molecule has 4 aromatic carbocycles. The van der Waals surface area contributed by atoms with Crippen LogP contribution in [-0.4, -0.2) is 124 Å². The fourth-order valence-corrected chi connectivity index (χ4v) is 6.36. The minimum absolute atomic E-state index is 0.964. The van der Waals surface area contributed by atoms with Crippen molar-refractivity contribution >= 4 is 0 Å². The first-order valence-corrected chi connectivity index (χ1v) is 17.7. The van der Waals surface area contributed by atoms with E-state index in [1.54, 1.807) is 0 Å². The second-order valence-electron chi connectivity index (χ2n) is 14.3. The highest BCUT2D eigenvalue weighted by Gasteiger charge is 2.10. The molecule has 0 radical (unpaired) electrons. The Morgan fingerprint density at radius 1 is 0.250 bits per heavy atom. The van der Waals surface area contributed by atoms with Crippen molar-refractivity contribution in [2.45, 2.75) is 26.2 Å². The van der Waals surface area contributed by atoms with E-state index >= 15 is 0 Å². The van der Waals surface area contributed by atoms with Crippen molar-refractivity contribution < 1.29 is 0 Å². The molecule has 0 N–H and O–H groups in total. The van der Waals surface area contributed by atoms with E-state index in [2.05, 4.69) is 169 Å². The van der Waals surface area contributed by atoms with E-state index in [0.29, 0.717) is 0 Å². The minimum Gasteiger partial charge on any atom is -0.304 e. The van der Waals surface area contributed by atoms with Crippen LogP contribution in [0.25, 0.3) is 22.3 Å². The van der Waals surface area contributed by atoms with Gasteiger partial charge in [0.1, 0.15) is 0 Å². The maximum Gasteiger partial charge on any atom is 0.0231 e. The fourth-order valence-electron chi connectivity index (χ4n) is 6.36. The summed E-state index contributed by atoms with van der Waals surface area (Å²) in [5.41, 5.74) is 10.6. The van der Waals surface area contributed by atoms with Gasteiger partial charge in [0, 0.05) is 78.5 Å². The van der Waals surface area contributed by atoms with E-state index in [1.165, 1.54) is 44.5 Å². The third-order valence-electron chi connectivity index (χ3n) is 9.75. The van der Waals surface area contributed by atoms with Gasteiger partial charge in [-0.2, -0.15) is 0 Å². The Labute approximate surface area is 291 Å². The maximum atomic E-state index is 2.45. The Bertz CT molecular complexity index is 1270. The Balaban J connectivity index is 1.22. The molecule has 4 aromatic rings. The van der Waals surface area contributed by atoms with Crippen LogP contribution in [0.5, 0.6) is 0 Å². The molecule has 0 unspecified atom stereocenters. The maximum absolute atomic E-state index is 2.45. The molecule has 8 bridgehead atoms. The summed E-state index contributed by atoms with van der Waals surface area (Å²) in [6.45, 7) is 12.3. The minimum atomic E-state index is 0.964. The van der Waals surface area contributed by atoms with Gasteiger partial charge in [0.15, 0.2) is 0 Å². The van der Waals surface area contributed by atoms with Crippen molar-refractivity contribution in [2.24, 2.45) is 0 Å². The number of nitrogens with zero attached hydrogens (tertiary/aromatic N) is 6. The Morgan fingerprint density at radius 2 is 0.417 bits per heavy atom. The van der Waals surface area contributed by atoms with E-state index in [9.17, 15) is 0 Å². The quantitative estimate of drug-likeness (QED) is 0.221. The molecule has 7 aliphatic rings. The number of likely N-dealkylation sites (N-methyl/N-ethyl adjacent to an activating group) is 6. The molecular formula is C42H58N6. The third kappa shape index (κ3) is 11.4. The van der Waals surface area contributed by atoms with Crippen LogP contribution in [0.4, 0.5) is 0 Å². The molecule has 48 heavy (non-hydrogen) atoms. The van der Waals surface area contributed by atoms with Crippen LogP contribution < -0.4 is 0 Å². The molecule has 0 aromatic heterocycles. The van der Waals surface area contributed by atoms with Crippen molar-refractivity contribution in [3.05, 3.63) is 119 Å². The summed E-state index contributed by atoms with van der Waals surface area (Å²) in [6.07, 6.45) is 0. The van der Waals surface area contributed by atoms with Gasteiger partial charge in [0.2, 0.25) is 0 Å². The zero-order valence-electron chi connectivity index (χ0n) is 30.4. The van der Waals surface area contributed by atoms with Crippen molar-refractivity contribution in [3.63, 3.8) is 0 Å². The van der Waals surface area contributed by atoms with Crippen LogP contribution in [0.3, 0.4) is 0 Å². The average molecular weight is 647 g/mol. The molecular weight excluding hydrogens is 589 g/mol. The summed E-state index contributed by atoms with van der Waals surface area (Å²) in [5.74, 6) is 0. The number of hydrogen-bond acceptors (Lipinski definition) is 6. The van der Waals surface area contributed by atoms with Gasteiger partial charge in [-0.1, -0.05) is 97.1 Å². The Hall–Kier alpha value is -3.36. The molecule has 11 rings (SSSR count). The largest absolute Gasteiger partial charge is 0.304 e. The van der Waals surface area contributed by atoms with E-state index in [4.69, 9.17) is 0 Å². The lowest BCUT2D eigenvalue weighted by Gasteiger charge is -2.25. The van der Waals surface area contributed by atoms with Gasteiger partial charge in [0.05, 0.1) is 0 Å². The summed E-state index contributed by atoms with van der Waals surface area (Å²) < 4.78 is 0. The molecule has 0 saturated carbocycles. The van der Waals surface area contributed by atoms with E-state index in [0.717, 1.165) is 78.5 Å². The lowest BCUT2D eigenvalue weighted by atomic mass is 10.0. The van der Waals surface area contributed by atoms with Crippen molar-refractivity contribution in [3.8, 4) is 22.3 Å². The van der Waals surface area contributed by atoms with Crippen LogP contribution in [-0.2, 0) is 26.2 Å². The summed E-state index contributed by atoms with van der Waals surface area (Å²) in [4.78, 5) is 14.6. The lowest BCUT2D eigenvalue weighted by Crippen LogP contribution is -2.35. The molecule has 6 nitrogen and oxygen atoms in total. The van der Waals surface area contributed by atoms with Gasteiger partial charge in [-0.05, 0) is 86.8 Å². The predicted octanol–water partition coefficient (Wildman–Crippen LogP) is 6.33. The van der Waals surface area contributed by atoms with E-state index in [-0.39, 0.29) is 0 Å². The number of benzene rings is 4. The van der Waals surface area contributed by atoms with Crippen LogP contribution in [0.2, 0.25) is 0 Å². The zero-order valence-corrected chi connectivity index (χ0v) is 30.4. The first-order valence-electron chi connectivity index (χ1n) is 17.7. The van der Waals surface area contributed by atoms with Crippen LogP contribution in [0.15, 0.2) is 97.1 Å². The van der Waals surface area contributed by atoms with E-state index < -0.39 is 0 Å². The standard InChI is InChI=1S/C42H58N6/c1-43-23-27-45(3)31-35-7-15-39(16-8-35)41-19-11-37(12-20-41)33-47(5)29-25-44(2)26-30-48(6)34-38-13-21-42(22-14-38)40-17-9-36(10-18-40)32-46(4)28-24-43/h7-22H,23-34H2,1-6H3. The molecule has 0 spiro atoms. The number of hydrogen-bond donors (Lipinski definition) is 0. The van der Waals surface area contributed by atoms with Gasteiger partial charge in [-0.3, -0.25) is 0 Å². The SMILES string of the molecule is CN1CCN(C)Cc2ccc(cc2)-c2ccc(cc2)CN(C)CCN(C)CCN(C)Cc2ccc(cc2)-c2ccc(cc2)CN(C)CC1. The van der Waals surface area contributed by atoms with Gasteiger partial charge in [-0.15, -0.1) is 0 Å². The van der Waals surface area contributed by atoms with E-state index in [1.807, 2.05) is 0 Å². The van der Waals surface area contributed by atoms with Gasteiger partial charge >= 0.3 is 0 Å². The molecule has 0 amide bonds. The van der Waals surface area contributed by atoms with Gasteiger partial charge in [0.25, 0.3) is 0 Å². The average Bonchev–Trinajstić information content (AvgIpc) is 3.09. The summed E-state index contributed by atoms with van der Waals surface area (Å²) in [7, 11) is 13.4. The summed E-state index contributed by atoms with van der Waals surface area (Å²) >= 11 is 0. The third-order valence-corrected chi connectivity index (χ3v) is 9.75. The molecule has 0 atom stereocenters. The topological polar surface area (TPSA) is 19.4 Å². The first-order chi connectivity index (χ1) is 23.2. The molecule has 256 valence electrons. The predicted molar refractivity (Wildman–Crippen MR) is 204 cm³/mol. The zero-order chi connectivity index (χ0) is 33.9. The smallest absolute Gasteiger partial charge is 0.0231 e. The fraction of sp³-hybridized carbons (Fsp3) is 0.429. The second-order valence-corrected chi connectivity index (χ2v) is 14.3.